The van der Waals surface area contributed by atoms with Crippen molar-refractivity contribution in [2.45, 2.75) is 85.1 Å². The average molecular weight is 885 g/mol. The molecule has 3 aromatic rings. The zero-order valence-corrected chi connectivity index (χ0v) is 37.6. The SMILES string of the molecule is C=C/C=C\C(=C/C)C(F)(F)F.CCC(=O)NC(C(=O)c1noc(CC)n1)C(C)C.CN1C(=O)CCN(Cc2ccc3c(c2)OCCO3)C(=O)[C@@H]1Cc1ccccc1.CNCCOC. The Hall–Kier alpha value is -5.81. The maximum Gasteiger partial charge on any atom is 0.416 e. The number of likely N-dealkylation sites (N-methyl/N-ethyl adjacent to an activating group) is 2. The number of amides is 3. The fourth-order valence-corrected chi connectivity index (χ4v) is 5.87. The van der Waals surface area contributed by atoms with Gasteiger partial charge >= 0.3 is 6.18 Å². The molecule has 0 aliphatic carbocycles. The van der Waals surface area contributed by atoms with Crippen LogP contribution in [0.5, 0.6) is 11.5 Å². The zero-order valence-electron chi connectivity index (χ0n) is 37.6. The first-order valence-electron chi connectivity index (χ1n) is 20.8. The number of carbonyl (C=O) groups excluding carboxylic acids is 4. The molecule has 5 rings (SSSR count). The number of rotatable bonds is 15. The second-order valence-electron chi connectivity index (χ2n) is 14.5. The lowest BCUT2D eigenvalue weighted by Crippen LogP contribution is -2.46. The number of Topliss-reactive ketones (excluding diaryl/α,β-unsaturated/α-hetero) is 1. The van der Waals surface area contributed by atoms with E-state index in [1.165, 1.54) is 19.1 Å². The van der Waals surface area contributed by atoms with Gasteiger partial charge in [0.25, 0.3) is 0 Å². The fraction of sp³-hybridized carbons (Fsp3) is 0.478. The minimum Gasteiger partial charge on any atom is -0.486 e. The van der Waals surface area contributed by atoms with E-state index >= 15 is 0 Å². The van der Waals surface area contributed by atoms with Crippen LogP contribution < -0.4 is 20.1 Å². The third kappa shape index (κ3) is 18.2. The quantitative estimate of drug-likeness (QED) is 0.0947. The highest BCUT2D eigenvalue weighted by Crippen LogP contribution is 2.31. The number of fused-ring (bicyclic) bond motifs is 1. The molecule has 2 atom stereocenters. The van der Waals surface area contributed by atoms with Crippen molar-refractivity contribution in [1.29, 1.82) is 0 Å². The molecule has 3 heterocycles. The van der Waals surface area contributed by atoms with Gasteiger partial charge in [-0.05, 0) is 43.1 Å². The lowest BCUT2D eigenvalue weighted by molar-refractivity contribution is -0.140. The number of carbonyl (C=O) groups is 4. The van der Waals surface area contributed by atoms with Crippen molar-refractivity contribution in [3.63, 3.8) is 0 Å². The van der Waals surface area contributed by atoms with Crippen LogP contribution in [0.2, 0.25) is 0 Å². The van der Waals surface area contributed by atoms with Gasteiger partial charge in [0.2, 0.25) is 35.2 Å². The zero-order chi connectivity index (χ0) is 47.0. The topological polar surface area (TPSA) is 165 Å². The number of nitrogens with zero attached hydrogens (tertiary/aromatic N) is 4. The number of ether oxygens (including phenoxy) is 3. The highest BCUT2D eigenvalue weighted by Gasteiger charge is 2.35. The number of ketones is 1. The molecule has 2 aliphatic heterocycles. The normalized spacial score (nSPS) is 15.6. The summed E-state index contributed by atoms with van der Waals surface area (Å²) in [7, 11) is 5.32. The third-order valence-electron chi connectivity index (χ3n) is 9.49. The smallest absolute Gasteiger partial charge is 0.416 e. The summed E-state index contributed by atoms with van der Waals surface area (Å²) in [5, 5.41) is 9.26. The third-order valence-corrected chi connectivity index (χ3v) is 9.49. The van der Waals surface area contributed by atoms with Crippen molar-refractivity contribution >= 4 is 23.5 Å². The number of allylic oxidation sites excluding steroid dienone is 5. The lowest BCUT2D eigenvalue weighted by Gasteiger charge is -2.28. The molecule has 63 heavy (non-hydrogen) atoms. The van der Waals surface area contributed by atoms with E-state index in [9.17, 15) is 32.3 Å². The van der Waals surface area contributed by atoms with Gasteiger partial charge < -0.3 is 39.2 Å². The van der Waals surface area contributed by atoms with Gasteiger partial charge in [0.15, 0.2) is 11.5 Å². The second kappa shape index (κ2) is 28.0. The summed E-state index contributed by atoms with van der Waals surface area (Å²) < 4.78 is 56.5. The summed E-state index contributed by atoms with van der Waals surface area (Å²) in [4.78, 5) is 56.7. The molecule has 2 N–H and O–H groups in total. The predicted molar refractivity (Wildman–Crippen MR) is 234 cm³/mol. The van der Waals surface area contributed by atoms with E-state index in [0.29, 0.717) is 63.6 Å². The van der Waals surface area contributed by atoms with E-state index in [0.717, 1.165) is 42.2 Å². The van der Waals surface area contributed by atoms with E-state index in [4.69, 9.17) is 18.7 Å². The second-order valence-corrected chi connectivity index (χ2v) is 14.5. The number of methoxy groups -OCH3 is 1. The van der Waals surface area contributed by atoms with Gasteiger partial charge in [0.05, 0.1) is 18.2 Å². The number of nitrogens with one attached hydrogen (secondary N) is 2. The average Bonchev–Trinajstić information content (AvgIpc) is 3.74. The van der Waals surface area contributed by atoms with Crippen molar-refractivity contribution in [1.82, 2.24) is 30.6 Å². The fourth-order valence-electron chi connectivity index (χ4n) is 5.87. The Balaban J connectivity index is 0.000000334. The molecule has 14 nitrogen and oxygen atoms in total. The lowest BCUT2D eigenvalue weighted by atomic mass is 9.99. The molecule has 0 saturated carbocycles. The molecule has 0 bridgehead atoms. The van der Waals surface area contributed by atoms with Crippen LogP contribution in [0.15, 0.2) is 89.5 Å². The predicted octanol–water partition coefficient (Wildman–Crippen LogP) is 6.71. The van der Waals surface area contributed by atoms with Crippen LogP contribution in [-0.2, 0) is 38.5 Å². The van der Waals surface area contributed by atoms with Gasteiger partial charge in [-0.2, -0.15) is 18.2 Å². The van der Waals surface area contributed by atoms with Crippen LogP contribution in [0.1, 0.15) is 75.1 Å². The number of aryl methyl sites for hydroxylation is 1. The van der Waals surface area contributed by atoms with Crippen molar-refractivity contribution in [2.75, 3.05) is 54.1 Å². The number of benzene rings is 2. The molecule has 1 fully saturated rings. The maximum absolute atomic E-state index is 13.3. The number of hydrogen-bond donors (Lipinski definition) is 2. The van der Waals surface area contributed by atoms with Crippen LogP contribution >= 0.6 is 0 Å². The maximum atomic E-state index is 13.3. The number of halogens is 3. The Morgan fingerprint density at radius 2 is 1.73 bits per heavy atom. The molecule has 17 heteroatoms. The summed E-state index contributed by atoms with van der Waals surface area (Å²) in [6, 6.07) is 14.5. The largest absolute Gasteiger partial charge is 0.486 e. The first kappa shape index (κ1) is 53.3. The van der Waals surface area contributed by atoms with Crippen molar-refractivity contribution in [3.8, 4) is 11.5 Å². The number of alkyl halides is 3. The van der Waals surface area contributed by atoms with Crippen LogP contribution in [0.25, 0.3) is 0 Å². The van der Waals surface area contributed by atoms with Gasteiger partial charge in [0, 0.05) is 59.5 Å². The summed E-state index contributed by atoms with van der Waals surface area (Å²) in [6.07, 6.45) is 2.05. The Morgan fingerprint density at radius 3 is 2.27 bits per heavy atom. The molecule has 1 unspecified atom stereocenters. The molecule has 3 amide bonds. The summed E-state index contributed by atoms with van der Waals surface area (Å²) in [5.41, 5.74) is 1.35. The van der Waals surface area contributed by atoms with Crippen molar-refractivity contribution in [3.05, 3.63) is 108 Å². The Bertz CT molecular complexity index is 1950. The highest BCUT2D eigenvalue weighted by molar-refractivity contribution is 5.99. The van der Waals surface area contributed by atoms with Crippen LogP contribution in [0.3, 0.4) is 0 Å². The molecular formula is C46H63F3N6O8. The molecule has 2 aliphatic rings. The van der Waals surface area contributed by atoms with E-state index in [-0.39, 0.29) is 35.2 Å². The highest BCUT2D eigenvalue weighted by atomic mass is 19.4. The van der Waals surface area contributed by atoms with E-state index in [1.54, 1.807) is 30.9 Å². The molecule has 346 valence electrons. The molecule has 0 spiro atoms. The van der Waals surface area contributed by atoms with Gasteiger partial charge in [-0.25, -0.2) is 0 Å². The van der Waals surface area contributed by atoms with Crippen molar-refractivity contribution in [2.24, 2.45) is 5.92 Å². The van der Waals surface area contributed by atoms with Gasteiger partial charge in [-0.1, -0.05) is 100 Å². The number of hydrogen-bond acceptors (Lipinski definition) is 11. The van der Waals surface area contributed by atoms with E-state index < -0.39 is 23.8 Å². The number of aromatic nitrogens is 2. The molecule has 1 saturated heterocycles. The summed E-state index contributed by atoms with van der Waals surface area (Å²) in [5.74, 6) is 1.36. The van der Waals surface area contributed by atoms with Gasteiger partial charge in [-0.3, -0.25) is 19.2 Å². The minimum absolute atomic E-state index is 0.000967. The van der Waals surface area contributed by atoms with Gasteiger partial charge in [0.1, 0.15) is 19.3 Å². The van der Waals surface area contributed by atoms with Crippen LogP contribution in [-0.4, -0.2) is 116 Å². The monoisotopic (exact) mass is 884 g/mol. The minimum atomic E-state index is -4.26. The molecular weight excluding hydrogens is 822 g/mol. The molecule has 1 aromatic heterocycles. The molecule has 0 radical (unpaired) electrons. The van der Waals surface area contributed by atoms with E-state index in [2.05, 4.69) is 27.4 Å². The summed E-state index contributed by atoms with van der Waals surface area (Å²) >= 11 is 0. The van der Waals surface area contributed by atoms with E-state index in [1.807, 2.05) is 76.3 Å². The first-order valence-corrected chi connectivity index (χ1v) is 20.8. The summed E-state index contributed by atoms with van der Waals surface area (Å²) in [6.45, 7) is 15.6. The van der Waals surface area contributed by atoms with Crippen LogP contribution in [0.4, 0.5) is 13.2 Å². The Kier molecular flexibility index (Phi) is 23.7. The molecule has 2 aromatic carbocycles. The first-order chi connectivity index (χ1) is 30.0. The van der Waals surface area contributed by atoms with Crippen LogP contribution in [0, 0.1) is 5.92 Å². The van der Waals surface area contributed by atoms with Crippen molar-refractivity contribution < 1.29 is 51.1 Å². The Labute approximate surface area is 368 Å². The van der Waals surface area contributed by atoms with Gasteiger partial charge in [-0.15, -0.1) is 0 Å². The Morgan fingerprint density at radius 1 is 1.05 bits per heavy atom. The standard InChI is InChI=1S/C22H24N2O4.C12H19N3O3.C8H9F3.C4H11NO/c1-23-18(13-16-5-3-2-4-6-16)22(26)24(10-9-21(23)25)15-17-7-8-19-20(14-17)28-12-11-27-19;1-5-8(16)13-10(7(3)4)11(17)12-14-9(6-2)18-15-12;1-3-5-6-7(4-2)8(9,10)11;1-5-3-4-6-2/h2-8,14,18H,9-13,15H2,1H3;7,10H,5-6H2,1-4H3,(H,13,16);3-6H,1H2,2H3;5H,3-4H2,1-2H3/b;;6-5-,7-4+;/t18-;;;/m0.../s1.